The molecular formula is C8H13N5S. The zero-order valence-electron chi connectivity index (χ0n) is 7.66. The van der Waals surface area contributed by atoms with Crippen LogP contribution in [-0.4, -0.2) is 18.5 Å². The SMILES string of the molecule is N=C(N)NC(N)=NCCc1cccs1. The lowest BCUT2D eigenvalue weighted by Gasteiger charge is -2.01. The normalized spacial score (nSPS) is 11.3. The second-order valence-electron chi connectivity index (χ2n) is 2.63. The van der Waals surface area contributed by atoms with Gasteiger partial charge in [-0.25, -0.2) is 0 Å². The second kappa shape index (κ2) is 5.23. The van der Waals surface area contributed by atoms with E-state index in [0.717, 1.165) is 6.42 Å². The molecule has 14 heavy (non-hydrogen) atoms. The number of guanidine groups is 2. The number of aliphatic imine (C=N–C) groups is 1. The Morgan fingerprint density at radius 2 is 2.36 bits per heavy atom. The van der Waals surface area contributed by atoms with Crippen molar-refractivity contribution in [3.05, 3.63) is 22.4 Å². The van der Waals surface area contributed by atoms with Gasteiger partial charge in [0, 0.05) is 17.8 Å². The van der Waals surface area contributed by atoms with Gasteiger partial charge in [0.25, 0.3) is 0 Å². The molecule has 0 aliphatic carbocycles. The van der Waals surface area contributed by atoms with Crippen LogP contribution in [0.1, 0.15) is 4.88 Å². The number of rotatable bonds is 3. The van der Waals surface area contributed by atoms with Gasteiger partial charge >= 0.3 is 0 Å². The first-order valence-corrected chi connectivity index (χ1v) is 5.00. The number of nitrogens with one attached hydrogen (secondary N) is 2. The Morgan fingerprint density at radius 3 is 2.93 bits per heavy atom. The van der Waals surface area contributed by atoms with Gasteiger partial charge in [-0.2, -0.15) is 0 Å². The monoisotopic (exact) mass is 211 g/mol. The molecule has 0 radical (unpaired) electrons. The highest BCUT2D eigenvalue weighted by Crippen LogP contribution is 2.08. The van der Waals surface area contributed by atoms with Crippen LogP contribution in [0.4, 0.5) is 0 Å². The maximum atomic E-state index is 6.91. The van der Waals surface area contributed by atoms with Crippen molar-refractivity contribution < 1.29 is 0 Å². The summed E-state index contributed by atoms with van der Waals surface area (Å²) in [7, 11) is 0. The van der Waals surface area contributed by atoms with Crippen molar-refractivity contribution >= 4 is 23.3 Å². The summed E-state index contributed by atoms with van der Waals surface area (Å²) in [5, 5.41) is 11.3. The minimum Gasteiger partial charge on any atom is -0.370 e. The zero-order chi connectivity index (χ0) is 10.4. The molecule has 0 atom stereocenters. The minimum atomic E-state index is -0.192. The fraction of sp³-hybridized carbons (Fsp3) is 0.250. The molecule has 1 aromatic heterocycles. The lowest BCUT2D eigenvalue weighted by Crippen LogP contribution is -2.40. The van der Waals surface area contributed by atoms with Gasteiger partial charge in [-0.3, -0.25) is 15.7 Å². The summed E-state index contributed by atoms with van der Waals surface area (Å²) in [6.45, 7) is 0.604. The predicted octanol–water partition coefficient (Wildman–Crippen LogP) is 0.0884. The van der Waals surface area contributed by atoms with Gasteiger partial charge in [0.1, 0.15) is 0 Å². The first kappa shape index (κ1) is 10.5. The van der Waals surface area contributed by atoms with Crippen molar-refractivity contribution in [2.24, 2.45) is 16.5 Å². The summed E-state index contributed by atoms with van der Waals surface area (Å²) < 4.78 is 0. The van der Waals surface area contributed by atoms with E-state index in [0.29, 0.717) is 6.54 Å². The predicted molar refractivity (Wildman–Crippen MR) is 59.6 cm³/mol. The summed E-state index contributed by atoms with van der Waals surface area (Å²) in [5.41, 5.74) is 10.5. The Hall–Kier alpha value is -1.56. The van der Waals surface area contributed by atoms with Gasteiger partial charge in [0.15, 0.2) is 11.9 Å². The molecule has 1 rings (SSSR count). The largest absolute Gasteiger partial charge is 0.370 e. The Balaban J connectivity index is 2.29. The summed E-state index contributed by atoms with van der Waals surface area (Å²) >= 11 is 1.69. The molecule has 0 amide bonds. The third-order valence-electron chi connectivity index (χ3n) is 1.48. The third kappa shape index (κ3) is 3.90. The van der Waals surface area contributed by atoms with E-state index in [2.05, 4.69) is 16.4 Å². The van der Waals surface area contributed by atoms with Crippen LogP contribution in [0.2, 0.25) is 0 Å². The third-order valence-corrected chi connectivity index (χ3v) is 2.42. The number of hydrogen-bond donors (Lipinski definition) is 4. The first-order valence-electron chi connectivity index (χ1n) is 4.12. The number of nitrogens with two attached hydrogens (primary N) is 2. The molecule has 6 N–H and O–H groups in total. The van der Waals surface area contributed by atoms with Crippen LogP contribution in [0.5, 0.6) is 0 Å². The molecule has 5 nitrogen and oxygen atoms in total. The summed E-state index contributed by atoms with van der Waals surface area (Å²) in [5.74, 6) is -0.00331. The van der Waals surface area contributed by atoms with Gasteiger partial charge in [-0.05, 0) is 11.4 Å². The van der Waals surface area contributed by atoms with Crippen LogP contribution in [0.15, 0.2) is 22.5 Å². The lowest BCUT2D eigenvalue weighted by atomic mass is 10.3. The smallest absolute Gasteiger partial charge is 0.195 e. The van der Waals surface area contributed by atoms with Crippen LogP contribution in [0.25, 0.3) is 0 Å². The van der Waals surface area contributed by atoms with Crippen LogP contribution in [-0.2, 0) is 6.42 Å². The van der Waals surface area contributed by atoms with E-state index in [4.69, 9.17) is 16.9 Å². The van der Waals surface area contributed by atoms with Crippen molar-refractivity contribution in [1.82, 2.24) is 5.32 Å². The highest BCUT2D eigenvalue weighted by molar-refractivity contribution is 7.09. The van der Waals surface area contributed by atoms with Gasteiger partial charge in [-0.1, -0.05) is 6.07 Å². The van der Waals surface area contributed by atoms with E-state index in [-0.39, 0.29) is 11.9 Å². The molecule has 0 aliphatic heterocycles. The van der Waals surface area contributed by atoms with Crippen LogP contribution in [0, 0.1) is 5.41 Å². The molecule has 1 aromatic rings. The molecule has 0 saturated carbocycles. The molecule has 0 aromatic carbocycles. The summed E-state index contributed by atoms with van der Waals surface area (Å²) in [6.07, 6.45) is 0.859. The average molecular weight is 211 g/mol. The Labute approximate surface area is 86.3 Å². The number of nitrogens with zero attached hydrogens (tertiary/aromatic N) is 1. The molecule has 76 valence electrons. The maximum Gasteiger partial charge on any atom is 0.195 e. The molecular weight excluding hydrogens is 198 g/mol. The first-order chi connectivity index (χ1) is 6.68. The van der Waals surface area contributed by atoms with E-state index in [1.165, 1.54) is 4.88 Å². The highest BCUT2D eigenvalue weighted by Gasteiger charge is 1.94. The molecule has 0 fully saturated rings. The summed E-state index contributed by atoms with van der Waals surface area (Å²) in [4.78, 5) is 5.28. The van der Waals surface area contributed by atoms with Crippen molar-refractivity contribution in [3.63, 3.8) is 0 Å². The lowest BCUT2D eigenvalue weighted by molar-refractivity contribution is 0.971. The fourth-order valence-electron chi connectivity index (χ4n) is 0.919. The van der Waals surface area contributed by atoms with E-state index < -0.39 is 0 Å². The Morgan fingerprint density at radius 1 is 1.57 bits per heavy atom. The number of hydrogen-bond acceptors (Lipinski definition) is 3. The van der Waals surface area contributed by atoms with Gasteiger partial charge < -0.3 is 11.5 Å². The van der Waals surface area contributed by atoms with E-state index >= 15 is 0 Å². The number of thiophene rings is 1. The summed E-state index contributed by atoms with van der Waals surface area (Å²) in [6, 6.07) is 4.05. The van der Waals surface area contributed by atoms with E-state index in [1.807, 2.05) is 11.4 Å². The van der Waals surface area contributed by atoms with Gasteiger partial charge in [0.05, 0.1) is 0 Å². The molecule has 1 heterocycles. The van der Waals surface area contributed by atoms with Crippen LogP contribution >= 0.6 is 11.3 Å². The molecule has 0 spiro atoms. The van der Waals surface area contributed by atoms with Gasteiger partial charge in [0.2, 0.25) is 0 Å². The zero-order valence-corrected chi connectivity index (χ0v) is 8.47. The Bertz CT molecular complexity index is 316. The van der Waals surface area contributed by atoms with Crippen LogP contribution < -0.4 is 16.8 Å². The maximum absolute atomic E-state index is 6.91. The minimum absolute atomic E-state index is 0.189. The molecule has 0 aliphatic rings. The Kier molecular flexibility index (Phi) is 3.93. The van der Waals surface area contributed by atoms with Crippen molar-refractivity contribution in [3.8, 4) is 0 Å². The standard InChI is InChI=1S/C8H13N5S/c9-7(10)13-8(11)12-4-3-6-2-1-5-14-6/h1-2,5H,3-4H2,(H6,9,10,11,12,13). The van der Waals surface area contributed by atoms with Crippen LogP contribution in [0.3, 0.4) is 0 Å². The van der Waals surface area contributed by atoms with Crippen molar-refractivity contribution in [2.45, 2.75) is 6.42 Å². The fourth-order valence-corrected chi connectivity index (χ4v) is 1.62. The quantitative estimate of drug-likeness (QED) is 0.421. The molecule has 6 heteroatoms. The van der Waals surface area contributed by atoms with Crippen molar-refractivity contribution in [1.29, 1.82) is 5.41 Å². The van der Waals surface area contributed by atoms with E-state index in [9.17, 15) is 0 Å². The molecule has 0 unspecified atom stereocenters. The van der Waals surface area contributed by atoms with Crippen molar-refractivity contribution in [2.75, 3.05) is 6.54 Å². The highest BCUT2D eigenvalue weighted by atomic mass is 32.1. The topological polar surface area (TPSA) is 100 Å². The second-order valence-corrected chi connectivity index (χ2v) is 3.67. The average Bonchev–Trinajstić information content (AvgIpc) is 2.55. The molecule has 0 bridgehead atoms. The molecule has 0 saturated heterocycles. The van der Waals surface area contributed by atoms with Gasteiger partial charge in [-0.15, -0.1) is 11.3 Å². The van der Waals surface area contributed by atoms with E-state index in [1.54, 1.807) is 11.3 Å².